The first kappa shape index (κ1) is 19.5. The van der Waals surface area contributed by atoms with Gasteiger partial charge >= 0.3 is 0 Å². The van der Waals surface area contributed by atoms with Gasteiger partial charge in [0.15, 0.2) is 0 Å². The normalized spacial score (nSPS) is 27.7. The molecule has 1 aromatic rings. The van der Waals surface area contributed by atoms with Crippen molar-refractivity contribution < 1.29 is 0 Å². The zero-order valence-corrected chi connectivity index (χ0v) is 16.9. The van der Waals surface area contributed by atoms with Gasteiger partial charge < -0.3 is 5.32 Å². The number of rotatable bonds is 5. The summed E-state index contributed by atoms with van der Waals surface area (Å²) >= 11 is 6.67. The third-order valence-electron chi connectivity index (χ3n) is 6.69. The van der Waals surface area contributed by atoms with Crippen LogP contribution in [-0.4, -0.2) is 12.6 Å². The Bertz CT molecular complexity index is 547. The van der Waals surface area contributed by atoms with Gasteiger partial charge in [0, 0.05) is 11.1 Å². The molecule has 0 aliphatic heterocycles. The van der Waals surface area contributed by atoms with Crippen molar-refractivity contribution in [1.82, 2.24) is 5.32 Å². The molecule has 3 heteroatoms. The van der Waals surface area contributed by atoms with E-state index in [4.69, 9.17) is 11.6 Å². The van der Waals surface area contributed by atoms with Gasteiger partial charge in [0.1, 0.15) is 0 Å². The molecule has 3 aliphatic rings. The molecule has 3 aliphatic carbocycles. The highest BCUT2D eigenvalue weighted by Gasteiger charge is 2.38. The highest BCUT2D eigenvalue weighted by molar-refractivity contribution is 6.31. The molecule has 2 unspecified atom stereocenters. The third kappa shape index (κ3) is 4.93. The van der Waals surface area contributed by atoms with Crippen LogP contribution in [-0.2, 0) is 0 Å². The summed E-state index contributed by atoms with van der Waals surface area (Å²) in [6, 6.07) is 7.80. The molecule has 0 saturated heterocycles. The highest BCUT2D eigenvalue weighted by Crippen LogP contribution is 2.48. The maximum Gasteiger partial charge on any atom is 0.0443 e. The van der Waals surface area contributed by atoms with Crippen LogP contribution < -0.4 is 5.32 Å². The summed E-state index contributed by atoms with van der Waals surface area (Å²) in [7, 11) is 0. The summed E-state index contributed by atoms with van der Waals surface area (Å²) in [6.45, 7) is 1.21. The lowest BCUT2D eigenvalue weighted by molar-refractivity contribution is 0.368. The van der Waals surface area contributed by atoms with Crippen LogP contribution in [0.2, 0.25) is 5.02 Å². The zero-order valence-electron chi connectivity index (χ0n) is 15.3. The third-order valence-corrected chi connectivity index (χ3v) is 7.02. The first-order valence-corrected chi connectivity index (χ1v) is 10.7. The highest BCUT2D eigenvalue weighted by atomic mass is 35.5. The van der Waals surface area contributed by atoms with Crippen molar-refractivity contribution in [2.75, 3.05) is 6.54 Å². The molecule has 1 aromatic carbocycles. The van der Waals surface area contributed by atoms with Crippen molar-refractivity contribution in [3.05, 3.63) is 34.3 Å². The Morgan fingerprint density at radius 3 is 2.28 bits per heavy atom. The maximum absolute atomic E-state index is 6.67. The molecule has 0 aromatic heterocycles. The van der Waals surface area contributed by atoms with Crippen LogP contribution in [0.15, 0.2) is 18.2 Å². The molecule has 0 heterocycles. The Balaban J connectivity index is 0.00000182. The smallest absolute Gasteiger partial charge is 0.0443 e. The molecule has 0 amide bonds. The molecule has 0 radical (unpaired) electrons. The second-order valence-corrected chi connectivity index (χ2v) is 8.87. The van der Waals surface area contributed by atoms with Crippen LogP contribution in [0.3, 0.4) is 0 Å². The van der Waals surface area contributed by atoms with E-state index in [1.807, 2.05) is 0 Å². The Labute approximate surface area is 164 Å². The van der Waals surface area contributed by atoms with E-state index in [9.17, 15) is 0 Å². The van der Waals surface area contributed by atoms with Crippen LogP contribution in [0.4, 0.5) is 0 Å². The van der Waals surface area contributed by atoms with Crippen molar-refractivity contribution in [3.8, 4) is 0 Å². The Kier molecular flexibility index (Phi) is 7.11. The van der Waals surface area contributed by atoms with E-state index in [0.717, 1.165) is 22.9 Å². The minimum atomic E-state index is 0. The van der Waals surface area contributed by atoms with Gasteiger partial charge in [-0.15, -0.1) is 12.4 Å². The molecular formula is C22H33Cl2N. The van der Waals surface area contributed by atoms with E-state index >= 15 is 0 Å². The van der Waals surface area contributed by atoms with Crippen molar-refractivity contribution in [2.45, 2.75) is 88.5 Å². The number of hydrogen-bond donors (Lipinski definition) is 1. The fourth-order valence-electron chi connectivity index (χ4n) is 5.02. The molecule has 2 atom stereocenters. The molecule has 3 saturated carbocycles. The van der Waals surface area contributed by atoms with Crippen molar-refractivity contribution in [1.29, 1.82) is 0 Å². The molecule has 25 heavy (non-hydrogen) atoms. The van der Waals surface area contributed by atoms with Gasteiger partial charge in [-0.05, 0) is 73.6 Å². The van der Waals surface area contributed by atoms with Crippen molar-refractivity contribution in [2.24, 2.45) is 5.92 Å². The lowest BCUT2D eigenvalue weighted by Gasteiger charge is -2.23. The van der Waals surface area contributed by atoms with E-state index in [1.54, 1.807) is 0 Å². The largest absolute Gasteiger partial charge is 0.314 e. The van der Waals surface area contributed by atoms with E-state index < -0.39 is 0 Å². The Morgan fingerprint density at radius 1 is 0.920 bits per heavy atom. The fraction of sp³-hybridized carbons (Fsp3) is 0.727. The second-order valence-electron chi connectivity index (χ2n) is 8.46. The minimum absolute atomic E-state index is 0. The molecule has 0 bridgehead atoms. The SMILES string of the molecule is Cl.Clc1cc(C2CC2CNC2CCCCC2)ccc1C1CCCCC1. The lowest BCUT2D eigenvalue weighted by Crippen LogP contribution is -2.32. The van der Waals surface area contributed by atoms with Gasteiger partial charge in [0.05, 0.1) is 0 Å². The van der Waals surface area contributed by atoms with E-state index in [0.29, 0.717) is 5.92 Å². The van der Waals surface area contributed by atoms with E-state index in [1.165, 1.54) is 88.3 Å². The average molecular weight is 382 g/mol. The summed E-state index contributed by atoms with van der Waals surface area (Å²) in [5, 5.41) is 4.86. The standard InChI is InChI=1S/C22H32ClN.ClH/c23-22-14-17(11-12-20(22)16-7-3-1-4-8-16)21-13-18(21)15-24-19-9-5-2-6-10-19;/h11-12,14,16,18-19,21,24H,1-10,13,15H2;1H. The quantitative estimate of drug-likeness (QED) is 0.588. The van der Waals surface area contributed by atoms with Crippen LogP contribution >= 0.6 is 24.0 Å². The summed E-state index contributed by atoms with van der Waals surface area (Å²) in [5.41, 5.74) is 2.90. The van der Waals surface area contributed by atoms with Gasteiger partial charge in [-0.1, -0.05) is 62.3 Å². The number of hydrogen-bond acceptors (Lipinski definition) is 1. The van der Waals surface area contributed by atoms with Gasteiger partial charge in [-0.3, -0.25) is 0 Å². The summed E-state index contributed by atoms with van der Waals surface area (Å²) in [6.07, 6.45) is 15.2. The van der Waals surface area contributed by atoms with Gasteiger partial charge in [0.25, 0.3) is 0 Å². The fourth-order valence-corrected chi connectivity index (χ4v) is 5.37. The van der Waals surface area contributed by atoms with E-state index in [2.05, 4.69) is 23.5 Å². The van der Waals surface area contributed by atoms with Crippen LogP contribution in [0.25, 0.3) is 0 Å². The first-order chi connectivity index (χ1) is 11.8. The van der Waals surface area contributed by atoms with Crippen molar-refractivity contribution in [3.63, 3.8) is 0 Å². The minimum Gasteiger partial charge on any atom is -0.314 e. The lowest BCUT2D eigenvalue weighted by atomic mass is 9.83. The zero-order chi connectivity index (χ0) is 16.4. The Hall–Kier alpha value is -0.240. The number of nitrogens with one attached hydrogen (secondary N) is 1. The van der Waals surface area contributed by atoms with Crippen LogP contribution in [0, 0.1) is 5.92 Å². The predicted octanol–water partition coefficient (Wildman–Crippen LogP) is 6.84. The molecule has 0 spiro atoms. The summed E-state index contributed by atoms with van der Waals surface area (Å²) in [4.78, 5) is 0. The topological polar surface area (TPSA) is 12.0 Å². The maximum atomic E-state index is 6.67. The second kappa shape index (κ2) is 9.11. The van der Waals surface area contributed by atoms with Gasteiger partial charge in [-0.2, -0.15) is 0 Å². The van der Waals surface area contributed by atoms with Gasteiger partial charge in [0.2, 0.25) is 0 Å². The number of benzene rings is 1. The molecule has 3 fully saturated rings. The average Bonchev–Trinajstić information content (AvgIpc) is 3.41. The van der Waals surface area contributed by atoms with E-state index in [-0.39, 0.29) is 12.4 Å². The van der Waals surface area contributed by atoms with Crippen LogP contribution in [0.5, 0.6) is 0 Å². The first-order valence-electron chi connectivity index (χ1n) is 10.3. The summed E-state index contributed by atoms with van der Waals surface area (Å²) in [5.74, 6) is 2.30. The monoisotopic (exact) mass is 381 g/mol. The predicted molar refractivity (Wildman–Crippen MR) is 110 cm³/mol. The van der Waals surface area contributed by atoms with Crippen LogP contribution in [0.1, 0.15) is 93.6 Å². The molecule has 140 valence electrons. The Morgan fingerprint density at radius 2 is 1.60 bits per heavy atom. The molecular weight excluding hydrogens is 349 g/mol. The number of halogens is 2. The van der Waals surface area contributed by atoms with Gasteiger partial charge in [-0.25, -0.2) is 0 Å². The molecule has 1 N–H and O–H groups in total. The molecule has 1 nitrogen and oxygen atoms in total. The van der Waals surface area contributed by atoms with Crippen molar-refractivity contribution >= 4 is 24.0 Å². The molecule has 4 rings (SSSR count). The summed E-state index contributed by atoms with van der Waals surface area (Å²) < 4.78 is 0.